The Kier molecular flexibility index (Phi) is 5.45. The molecule has 3 nitrogen and oxygen atoms in total. The Labute approximate surface area is 88.6 Å². The lowest BCUT2D eigenvalue weighted by Crippen LogP contribution is -2.53. The van der Waals surface area contributed by atoms with Gasteiger partial charge in [0.15, 0.2) is 0 Å². The van der Waals surface area contributed by atoms with Crippen LogP contribution in [-0.4, -0.2) is 61.2 Å². The molecule has 0 aromatic heterocycles. The molecule has 84 valence electrons. The summed E-state index contributed by atoms with van der Waals surface area (Å²) >= 11 is 0. The van der Waals surface area contributed by atoms with Crippen LogP contribution in [0.25, 0.3) is 0 Å². The fraction of sp³-hybridized carbons (Fsp3) is 1.00. The van der Waals surface area contributed by atoms with Crippen LogP contribution in [0.5, 0.6) is 0 Å². The van der Waals surface area contributed by atoms with Gasteiger partial charge in [-0.25, -0.2) is 10.0 Å². The third-order valence-electron chi connectivity index (χ3n) is 2.84. The molecule has 0 amide bonds. The Morgan fingerprint density at radius 2 is 1.43 bits per heavy atom. The Morgan fingerprint density at radius 1 is 0.929 bits per heavy atom. The van der Waals surface area contributed by atoms with Crippen LogP contribution in [0.4, 0.5) is 0 Å². The van der Waals surface area contributed by atoms with Gasteiger partial charge in [-0.2, -0.15) is 0 Å². The molecule has 14 heavy (non-hydrogen) atoms. The van der Waals surface area contributed by atoms with Crippen molar-refractivity contribution in [2.24, 2.45) is 0 Å². The molecule has 1 aliphatic heterocycles. The third-order valence-corrected chi connectivity index (χ3v) is 2.84. The number of hydrazine groups is 1. The largest absolute Gasteiger partial charge is 0.304 e. The minimum atomic E-state index is 1.20. The van der Waals surface area contributed by atoms with Gasteiger partial charge in [-0.05, 0) is 19.9 Å². The Hall–Kier alpha value is -0.120. The normalized spacial score (nSPS) is 20.6. The lowest BCUT2D eigenvalue weighted by molar-refractivity contribution is -0.0533. The molecule has 1 aliphatic rings. The molecule has 1 fully saturated rings. The molecule has 0 spiro atoms. The van der Waals surface area contributed by atoms with E-state index in [4.69, 9.17) is 0 Å². The molecular weight excluding hydrogens is 174 g/mol. The molecule has 1 rings (SSSR count). The minimum absolute atomic E-state index is 1.20. The quantitative estimate of drug-likeness (QED) is 0.660. The number of nitrogens with zero attached hydrogens (tertiary/aromatic N) is 3. The van der Waals surface area contributed by atoms with Crippen molar-refractivity contribution < 1.29 is 0 Å². The summed E-state index contributed by atoms with van der Waals surface area (Å²) in [5.74, 6) is 0. The zero-order valence-corrected chi connectivity index (χ0v) is 10.00. The molecule has 0 aromatic carbocycles. The minimum Gasteiger partial charge on any atom is -0.304 e. The smallest absolute Gasteiger partial charge is 0.0261 e. The van der Waals surface area contributed by atoms with Gasteiger partial charge in [0, 0.05) is 39.3 Å². The molecule has 0 saturated carbocycles. The van der Waals surface area contributed by atoms with Crippen molar-refractivity contribution in [3.05, 3.63) is 0 Å². The second kappa shape index (κ2) is 6.38. The number of rotatable bonds is 5. The van der Waals surface area contributed by atoms with E-state index in [-0.39, 0.29) is 0 Å². The van der Waals surface area contributed by atoms with Gasteiger partial charge >= 0.3 is 0 Å². The zero-order valence-electron chi connectivity index (χ0n) is 10.00. The number of piperazine rings is 1. The molecule has 0 N–H and O–H groups in total. The third kappa shape index (κ3) is 3.56. The zero-order chi connectivity index (χ0) is 10.4. The van der Waals surface area contributed by atoms with Crippen LogP contribution in [0.3, 0.4) is 0 Å². The predicted octanol–water partition coefficient (Wildman–Crippen LogP) is 1.27. The first-order chi connectivity index (χ1) is 6.77. The first-order valence-corrected chi connectivity index (χ1v) is 5.96. The number of hydrogen-bond acceptors (Lipinski definition) is 3. The molecule has 0 atom stereocenters. The van der Waals surface area contributed by atoms with Crippen LogP contribution in [0.2, 0.25) is 0 Å². The van der Waals surface area contributed by atoms with Crippen molar-refractivity contribution in [3.63, 3.8) is 0 Å². The van der Waals surface area contributed by atoms with E-state index in [1.54, 1.807) is 0 Å². The highest BCUT2D eigenvalue weighted by Gasteiger charge is 2.18. The summed E-state index contributed by atoms with van der Waals surface area (Å²) in [5.41, 5.74) is 0. The molecule has 0 bridgehead atoms. The molecule has 0 aliphatic carbocycles. The van der Waals surface area contributed by atoms with Crippen molar-refractivity contribution in [1.82, 2.24) is 14.9 Å². The van der Waals surface area contributed by atoms with Gasteiger partial charge in [-0.1, -0.05) is 13.8 Å². The molecule has 0 aromatic rings. The maximum atomic E-state index is 2.53. The summed E-state index contributed by atoms with van der Waals surface area (Å²) in [4.78, 5) is 2.41. The standard InChI is InChI=1S/C11H25N3/c1-4-6-13(7-5-2)14-10-8-12(3)9-11-14/h4-11H2,1-3H3. The van der Waals surface area contributed by atoms with Gasteiger partial charge in [0.25, 0.3) is 0 Å². The van der Waals surface area contributed by atoms with E-state index in [0.717, 1.165) is 0 Å². The van der Waals surface area contributed by atoms with Crippen LogP contribution in [0.1, 0.15) is 26.7 Å². The molecular formula is C11H25N3. The van der Waals surface area contributed by atoms with Gasteiger partial charge in [0.1, 0.15) is 0 Å². The summed E-state index contributed by atoms with van der Waals surface area (Å²) in [7, 11) is 2.21. The van der Waals surface area contributed by atoms with E-state index in [1.165, 1.54) is 52.1 Å². The van der Waals surface area contributed by atoms with Crippen molar-refractivity contribution in [3.8, 4) is 0 Å². The first kappa shape index (κ1) is 12.0. The average molecular weight is 199 g/mol. The lowest BCUT2D eigenvalue weighted by atomic mass is 10.3. The van der Waals surface area contributed by atoms with Crippen LogP contribution >= 0.6 is 0 Å². The highest BCUT2D eigenvalue weighted by atomic mass is 15.6. The maximum absolute atomic E-state index is 2.53. The van der Waals surface area contributed by atoms with Crippen molar-refractivity contribution in [2.45, 2.75) is 26.7 Å². The lowest BCUT2D eigenvalue weighted by Gasteiger charge is -2.40. The van der Waals surface area contributed by atoms with E-state index in [9.17, 15) is 0 Å². The Bertz CT molecular complexity index is 135. The first-order valence-electron chi connectivity index (χ1n) is 5.96. The van der Waals surface area contributed by atoms with E-state index in [2.05, 4.69) is 35.8 Å². The van der Waals surface area contributed by atoms with Gasteiger partial charge in [0.05, 0.1) is 0 Å². The van der Waals surface area contributed by atoms with Crippen LogP contribution in [0.15, 0.2) is 0 Å². The highest BCUT2D eigenvalue weighted by molar-refractivity contribution is 4.68. The van der Waals surface area contributed by atoms with E-state index in [1.807, 2.05) is 0 Å². The maximum Gasteiger partial charge on any atom is 0.0261 e. The monoisotopic (exact) mass is 199 g/mol. The van der Waals surface area contributed by atoms with Crippen molar-refractivity contribution >= 4 is 0 Å². The van der Waals surface area contributed by atoms with Gasteiger partial charge < -0.3 is 4.90 Å². The van der Waals surface area contributed by atoms with Crippen LogP contribution in [0, 0.1) is 0 Å². The highest BCUT2D eigenvalue weighted by Crippen LogP contribution is 2.05. The fourth-order valence-corrected chi connectivity index (χ4v) is 1.99. The Balaban J connectivity index is 2.34. The molecule has 3 heteroatoms. The van der Waals surface area contributed by atoms with Crippen LogP contribution < -0.4 is 0 Å². The van der Waals surface area contributed by atoms with E-state index >= 15 is 0 Å². The summed E-state index contributed by atoms with van der Waals surface area (Å²) < 4.78 is 0. The second-order valence-electron chi connectivity index (χ2n) is 4.21. The number of likely N-dealkylation sites (N-methyl/N-ethyl adjacent to an activating group) is 1. The van der Waals surface area contributed by atoms with Crippen molar-refractivity contribution in [2.75, 3.05) is 46.3 Å². The SMILES string of the molecule is CCCN(CCC)N1CCN(C)CC1. The topological polar surface area (TPSA) is 9.72 Å². The summed E-state index contributed by atoms with van der Waals surface area (Å²) in [6.07, 6.45) is 2.51. The van der Waals surface area contributed by atoms with Crippen molar-refractivity contribution in [1.29, 1.82) is 0 Å². The summed E-state index contributed by atoms with van der Waals surface area (Å²) in [6.45, 7) is 11.8. The molecule has 1 saturated heterocycles. The van der Waals surface area contributed by atoms with Gasteiger partial charge in [-0.3, -0.25) is 0 Å². The summed E-state index contributed by atoms with van der Waals surface area (Å²) in [6, 6.07) is 0. The molecule has 1 heterocycles. The average Bonchev–Trinajstić information content (AvgIpc) is 2.19. The van der Waals surface area contributed by atoms with E-state index < -0.39 is 0 Å². The van der Waals surface area contributed by atoms with E-state index in [0.29, 0.717) is 0 Å². The molecule has 0 radical (unpaired) electrons. The second-order valence-corrected chi connectivity index (χ2v) is 4.21. The predicted molar refractivity (Wildman–Crippen MR) is 61.2 cm³/mol. The summed E-state index contributed by atoms with van der Waals surface area (Å²) in [5, 5.41) is 5.07. The van der Waals surface area contributed by atoms with Gasteiger partial charge in [0.2, 0.25) is 0 Å². The molecule has 0 unspecified atom stereocenters. The Morgan fingerprint density at radius 3 is 1.86 bits per heavy atom. The van der Waals surface area contributed by atoms with Crippen LogP contribution in [-0.2, 0) is 0 Å². The number of hydrogen-bond donors (Lipinski definition) is 0. The fourth-order valence-electron chi connectivity index (χ4n) is 1.99. The van der Waals surface area contributed by atoms with Gasteiger partial charge in [-0.15, -0.1) is 0 Å².